The molecule has 1 N–H and O–H groups in total. The number of halogens is 1. The van der Waals surface area contributed by atoms with Gasteiger partial charge in [-0.25, -0.2) is 4.79 Å². The largest absolute Gasteiger partial charge is 0.351 e. The summed E-state index contributed by atoms with van der Waals surface area (Å²) in [5, 5.41) is 2.76. The quantitative estimate of drug-likeness (QED) is 0.825. The normalized spacial score (nSPS) is 10.9. The van der Waals surface area contributed by atoms with E-state index in [1.165, 1.54) is 4.57 Å². The maximum absolute atomic E-state index is 12.0. The molecule has 7 heteroatoms. The summed E-state index contributed by atoms with van der Waals surface area (Å²) in [6, 6.07) is 3.50. The minimum absolute atomic E-state index is 0.116. The van der Waals surface area contributed by atoms with Crippen LogP contribution in [0.25, 0.3) is 11.0 Å². The van der Waals surface area contributed by atoms with E-state index in [1.807, 2.05) is 0 Å². The Labute approximate surface area is 124 Å². The van der Waals surface area contributed by atoms with E-state index in [4.69, 9.17) is 0 Å². The maximum atomic E-state index is 12.0. The lowest BCUT2D eigenvalue weighted by Crippen LogP contribution is -2.25. The molecule has 0 saturated heterocycles. The van der Waals surface area contributed by atoms with Gasteiger partial charge in [0, 0.05) is 30.9 Å². The molecule has 0 aliphatic carbocycles. The molecule has 0 bridgehead atoms. The Bertz CT molecular complexity index is 705. The summed E-state index contributed by atoms with van der Waals surface area (Å²) < 4.78 is 3.74. The molecule has 1 amide bonds. The number of hydrogen-bond donors (Lipinski definition) is 2. The van der Waals surface area contributed by atoms with Gasteiger partial charge in [0.1, 0.15) is 0 Å². The van der Waals surface area contributed by atoms with Gasteiger partial charge in [0.05, 0.1) is 16.6 Å². The van der Waals surface area contributed by atoms with Crippen LogP contribution in [0.3, 0.4) is 0 Å². The Balaban J connectivity index is 2.59. The smallest absolute Gasteiger partial charge is 0.328 e. The number of fused-ring (bicyclic) bond motifs is 1. The first-order chi connectivity index (χ1) is 8.97. The van der Waals surface area contributed by atoms with E-state index in [-0.39, 0.29) is 11.6 Å². The first-order valence-corrected chi connectivity index (χ1v) is 7.14. The van der Waals surface area contributed by atoms with Crippen molar-refractivity contribution in [1.29, 1.82) is 0 Å². The van der Waals surface area contributed by atoms with Crippen molar-refractivity contribution < 1.29 is 4.79 Å². The van der Waals surface area contributed by atoms with Gasteiger partial charge in [-0.3, -0.25) is 13.9 Å². The van der Waals surface area contributed by atoms with Crippen LogP contribution < -0.4 is 11.0 Å². The first-order valence-electron chi connectivity index (χ1n) is 5.71. The number of rotatable bonds is 3. The fourth-order valence-corrected chi connectivity index (χ4v) is 2.58. The fourth-order valence-electron chi connectivity index (χ4n) is 1.96. The molecule has 0 atom stereocenters. The van der Waals surface area contributed by atoms with Gasteiger partial charge in [-0.05, 0) is 28.1 Å². The number of nitrogens with zero attached hydrogens (tertiary/aromatic N) is 2. The third kappa shape index (κ3) is 2.44. The Kier molecular flexibility index (Phi) is 4.05. The third-order valence-electron chi connectivity index (χ3n) is 3.00. The van der Waals surface area contributed by atoms with Gasteiger partial charge in [-0.1, -0.05) is 0 Å². The van der Waals surface area contributed by atoms with E-state index >= 15 is 0 Å². The molecule has 19 heavy (non-hydrogen) atoms. The standard InChI is InChI=1S/C12H14BrN3O2S/c1-15-9-5-7(11(17)14-3-4-19)8(13)6-10(9)16(2)12(15)18/h5-6,19H,3-4H2,1-2H3,(H,14,17). The number of carbonyl (C=O) groups is 1. The van der Waals surface area contributed by atoms with Crippen LogP contribution in [0.4, 0.5) is 0 Å². The van der Waals surface area contributed by atoms with Crippen molar-refractivity contribution in [2.45, 2.75) is 0 Å². The van der Waals surface area contributed by atoms with Crippen molar-refractivity contribution in [2.75, 3.05) is 12.3 Å². The van der Waals surface area contributed by atoms with Gasteiger partial charge in [-0.2, -0.15) is 12.6 Å². The number of carbonyl (C=O) groups excluding carboxylic acids is 1. The molecule has 0 unspecified atom stereocenters. The zero-order valence-electron chi connectivity index (χ0n) is 10.6. The highest BCUT2D eigenvalue weighted by molar-refractivity contribution is 9.10. The molecule has 102 valence electrons. The zero-order valence-corrected chi connectivity index (χ0v) is 13.1. The van der Waals surface area contributed by atoms with Crippen molar-refractivity contribution in [2.24, 2.45) is 14.1 Å². The van der Waals surface area contributed by atoms with E-state index < -0.39 is 0 Å². The minimum Gasteiger partial charge on any atom is -0.351 e. The molecule has 1 heterocycles. The molecule has 0 fully saturated rings. The molecule has 2 aromatic rings. The monoisotopic (exact) mass is 343 g/mol. The van der Waals surface area contributed by atoms with Crippen molar-refractivity contribution in [3.05, 3.63) is 32.7 Å². The Morgan fingerprint density at radius 2 is 1.89 bits per heavy atom. The van der Waals surface area contributed by atoms with Gasteiger partial charge >= 0.3 is 5.69 Å². The van der Waals surface area contributed by atoms with Crippen LogP contribution in [-0.4, -0.2) is 27.3 Å². The van der Waals surface area contributed by atoms with Gasteiger partial charge < -0.3 is 5.32 Å². The summed E-state index contributed by atoms with van der Waals surface area (Å²) in [7, 11) is 3.39. The number of hydrogen-bond acceptors (Lipinski definition) is 3. The zero-order chi connectivity index (χ0) is 14.2. The first kappa shape index (κ1) is 14.2. The molecule has 1 aromatic carbocycles. The summed E-state index contributed by atoms with van der Waals surface area (Å²) >= 11 is 7.42. The third-order valence-corrected chi connectivity index (χ3v) is 3.88. The van der Waals surface area contributed by atoms with Gasteiger partial charge in [0.2, 0.25) is 0 Å². The Hall–Kier alpha value is -1.21. The predicted molar refractivity (Wildman–Crippen MR) is 82.0 cm³/mol. The lowest BCUT2D eigenvalue weighted by atomic mass is 10.2. The number of amides is 1. The van der Waals surface area contributed by atoms with E-state index in [2.05, 4.69) is 33.9 Å². The van der Waals surface area contributed by atoms with Crippen LogP contribution in [-0.2, 0) is 14.1 Å². The number of aromatic nitrogens is 2. The molecular weight excluding hydrogens is 330 g/mol. The highest BCUT2D eigenvalue weighted by Gasteiger charge is 2.15. The van der Waals surface area contributed by atoms with Crippen LogP contribution in [0.1, 0.15) is 10.4 Å². The van der Waals surface area contributed by atoms with Crippen LogP contribution in [0.15, 0.2) is 21.4 Å². The van der Waals surface area contributed by atoms with Crippen molar-refractivity contribution in [1.82, 2.24) is 14.5 Å². The topological polar surface area (TPSA) is 56.0 Å². The second kappa shape index (κ2) is 5.42. The SMILES string of the molecule is Cn1c(=O)n(C)c2cc(C(=O)NCCS)c(Br)cc21. The second-order valence-corrected chi connectivity index (χ2v) is 5.50. The van der Waals surface area contributed by atoms with E-state index in [9.17, 15) is 9.59 Å². The van der Waals surface area contributed by atoms with Crippen LogP contribution >= 0.6 is 28.6 Å². The van der Waals surface area contributed by atoms with Gasteiger partial charge in [0.25, 0.3) is 5.91 Å². The second-order valence-electron chi connectivity index (χ2n) is 4.20. The number of benzene rings is 1. The maximum Gasteiger partial charge on any atom is 0.328 e. The van der Waals surface area contributed by atoms with Crippen LogP contribution in [0.2, 0.25) is 0 Å². The highest BCUT2D eigenvalue weighted by Crippen LogP contribution is 2.23. The Morgan fingerprint density at radius 1 is 1.32 bits per heavy atom. The molecule has 0 saturated carbocycles. The van der Waals surface area contributed by atoms with E-state index in [1.54, 1.807) is 30.8 Å². The summed E-state index contributed by atoms with van der Waals surface area (Å²) in [5.74, 6) is 0.397. The number of nitrogens with one attached hydrogen (secondary N) is 1. The molecule has 0 aliphatic rings. The van der Waals surface area contributed by atoms with Crippen molar-refractivity contribution in [3.8, 4) is 0 Å². The lowest BCUT2D eigenvalue weighted by molar-refractivity contribution is 0.0955. The summed E-state index contributed by atoms with van der Waals surface area (Å²) in [6.45, 7) is 0.500. The lowest BCUT2D eigenvalue weighted by Gasteiger charge is -2.06. The predicted octanol–water partition coefficient (Wildman–Crippen LogP) is 1.30. The number of imidazole rings is 1. The average Bonchev–Trinajstić information content (AvgIpc) is 2.60. The van der Waals surface area contributed by atoms with Crippen LogP contribution in [0.5, 0.6) is 0 Å². The van der Waals surface area contributed by atoms with Crippen molar-refractivity contribution in [3.63, 3.8) is 0 Å². The van der Waals surface area contributed by atoms with Gasteiger partial charge in [-0.15, -0.1) is 0 Å². The average molecular weight is 344 g/mol. The molecular formula is C12H14BrN3O2S. The molecule has 2 rings (SSSR count). The van der Waals surface area contributed by atoms with E-state index in [0.29, 0.717) is 22.3 Å². The summed E-state index contributed by atoms with van der Waals surface area (Å²) in [6.07, 6.45) is 0. The van der Waals surface area contributed by atoms with Gasteiger partial charge in [0.15, 0.2) is 0 Å². The molecule has 0 spiro atoms. The van der Waals surface area contributed by atoms with Crippen LogP contribution in [0, 0.1) is 0 Å². The number of thiol groups is 1. The molecule has 0 radical (unpaired) electrons. The summed E-state index contributed by atoms with van der Waals surface area (Å²) in [5.41, 5.74) is 1.90. The van der Waals surface area contributed by atoms with E-state index in [0.717, 1.165) is 11.0 Å². The fraction of sp³-hybridized carbons (Fsp3) is 0.333. The molecule has 5 nitrogen and oxygen atoms in total. The number of aryl methyl sites for hydroxylation is 2. The molecule has 0 aliphatic heterocycles. The molecule has 1 aromatic heterocycles. The summed E-state index contributed by atoms with van der Waals surface area (Å²) in [4.78, 5) is 23.9. The minimum atomic E-state index is -0.181. The highest BCUT2D eigenvalue weighted by atomic mass is 79.9. The van der Waals surface area contributed by atoms with Crippen molar-refractivity contribution >= 4 is 45.5 Å². The Morgan fingerprint density at radius 3 is 2.47 bits per heavy atom.